The van der Waals surface area contributed by atoms with Crippen molar-refractivity contribution in [2.45, 2.75) is 46.5 Å². The lowest BCUT2D eigenvalue weighted by atomic mass is 9.93. The number of hydrogen-bond acceptors (Lipinski definition) is 4. The summed E-state index contributed by atoms with van der Waals surface area (Å²) in [4.78, 5) is 0. The van der Waals surface area contributed by atoms with Crippen LogP contribution in [0.1, 0.15) is 56.2 Å². The van der Waals surface area contributed by atoms with Gasteiger partial charge in [-0.1, -0.05) is 27.7 Å². The number of phenols is 2. The Kier molecular flexibility index (Phi) is 5.04. The molecule has 0 aliphatic heterocycles. The Bertz CT molecular complexity index is 705. The fourth-order valence-corrected chi connectivity index (χ4v) is 2.42. The van der Waals surface area contributed by atoms with Gasteiger partial charge < -0.3 is 10.2 Å². The number of benzene rings is 2. The van der Waals surface area contributed by atoms with E-state index in [2.05, 4.69) is 10.2 Å². The topological polar surface area (TPSA) is 65.2 Å². The van der Waals surface area contributed by atoms with E-state index >= 15 is 0 Å². The minimum Gasteiger partial charge on any atom is -0.508 e. The fourth-order valence-electron chi connectivity index (χ4n) is 2.42. The second kappa shape index (κ2) is 6.82. The van der Waals surface area contributed by atoms with Crippen molar-refractivity contribution in [3.8, 4) is 11.5 Å². The summed E-state index contributed by atoms with van der Waals surface area (Å²) in [5, 5.41) is 28.5. The molecular formula is C19H24N2O2. The van der Waals surface area contributed by atoms with E-state index in [0.29, 0.717) is 11.4 Å². The molecule has 0 radical (unpaired) electrons. The standard InChI is InChI=1S/C19H24N2O2/c1-11(2)16-9-15(10-17(12(3)4)19(16)23)21-20-14-6-7-18(22)13(5)8-14/h6-12,22-23H,1-5H3. The van der Waals surface area contributed by atoms with Gasteiger partial charge in [0, 0.05) is 0 Å². The summed E-state index contributed by atoms with van der Waals surface area (Å²) < 4.78 is 0. The summed E-state index contributed by atoms with van der Waals surface area (Å²) in [5.74, 6) is 1.02. The van der Waals surface area contributed by atoms with E-state index < -0.39 is 0 Å². The Morgan fingerprint density at radius 3 is 1.78 bits per heavy atom. The van der Waals surface area contributed by atoms with E-state index in [1.54, 1.807) is 18.2 Å². The Hall–Kier alpha value is -2.36. The summed E-state index contributed by atoms with van der Waals surface area (Å²) in [6.07, 6.45) is 0. The molecule has 0 bridgehead atoms. The third-order valence-corrected chi connectivity index (χ3v) is 3.86. The number of phenolic OH excluding ortho intramolecular Hbond substituents is 2. The Morgan fingerprint density at radius 2 is 1.30 bits per heavy atom. The van der Waals surface area contributed by atoms with E-state index in [1.807, 2.05) is 46.8 Å². The van der Waals surface area contributed by atoms with Crippen LogP contribution in [0.3, 0.4) is 0 Å². The van der Waals surface area contributed by atoms with Gasteiger partial charge in [-0.15, -0.1) is 0 Å². The Morgan fingerprint density at radius 1 is 0.783 bits per heavy atom. The minimum atomic E-state index is 0.207. The molecular weight excluding hydrogens is 288 g/mol. The van der Waals surface area contributed by atoms with Crippen molar-refractivity contribution in [2.24, 2.45) is 10.2 Å². The van der Waals surface area contributed by atoms with Crippen molar-refractivity contribution in [3.05, 3.63) is 47.0 Å². The maximum absolute atomic E-state index is 10.4. The molecule has 0 saturated carbocycles. The van der Waals surface area contributed by atoms with Crippen molar-refractivity contribution in [2.75, 3.05) is 0 Å². The van der Waals surface area contributed by atoms with Gasteiger partial charge >= 0.3 is 0 Å². The first kappa shape index (κ1) is 17.0. The van der Waals surface area contributed by atoms with E-state index in [0.717, 1.165) is 22.4 Å². The zero-order chi connectivity index (χ0) is 17.1. The quantitative estimate of drug-likeness (QED) is 0.673. The largest absolute Gasteiger partial charge is 0.508 e. The molecule has 0 heterocycles. The van der Waals surface area contributed by atoms with Crippen LogP contribution in [0.5, 0.6) is 11.5 Å². The number of nitrogens with zero attached hydrogens (tertiary/aromatic N) is 2. The molecule has 2 aromatic carbocycles. The number of azo groups is 1. The molecule has 0 amide bonds. The van der Waals surface area contributed by atoms with Crippen LogP contribution >= 0.6 is 0 Å². The molecule has 0 unspecified atom stereocenters. The molecule has 23 heavy (non-hydrogen) atoms. The molecule has 4 heteroatoms. The van der Waals surface area contributed by atoms with Crippen molar-refractivity contribution in [1.29, 1.82) is 0 Å². The maximum Gasteiger partial charge on any atom is 0.122 e. The normalized spacial score (nSPS) is 11.8. The predicted octanol–water partition coefficient (Wildman–Crippen LogP) is 6.07. The number of aromatic hydroxyl groups is 2. The lowest BCUT2D eigenvalue weighted by Crippen LogP contribution is -1.95. The zero-order valence-corrected chi connectivity index (χ0v) is 14.3. The van der Waals surface area contributed by atoms with Crippen LogP contribution < -0.4 is 0 Å². The van der Waals surface area contributed by atoms with Crippen LogP contribution in [0.15, 0.2) is 40.6 Å². The van der Waals surface area contributed by atoms with Crippen LogP contribution in [0.2, 0.25) is 0 Å². The monoisotopic (exact) mass is 312 g/mol. The van der Waals surface area contributed by atoms with Crippen LogP contribution in [0.25, 0.3) is 0 Å². The SMILES string of the molecule is Cc1cc(N=Nc2cc(C(C)C)c(O)c(C(C)C)c2)ccc1O. The highest BCUT2D eigenvalue weighted by atomic mass is 16.3. The summed E-state index contributed by atoms with van der Waals surface area (Å²) in [6, 6.07) is 8.87. The lowest BCUT2D eigenvalue weighted by Gasteiger charge is -2.15. The number of rotatable bonds is 4. The number of hydrogen-bond donors (Lipinski definition) is 2. The zero-order valence-electron chi connectivity index (χ0n) is 14.3. The van der Waals surface area contributed by atoms with E-state index in [9.17, 15) is 10.2 Å². The minimum absolute atomic E-state index is 0.207. The summed E-state index contributed by atoms with van der Waals surface area (Å²) in [5.41, 5.74) is 3.93. The molecule has 0 aliphatic rings. The molecule has 0 aliphatic carbocycles. The van der Waals surface area contributed by atoms with Crippen molar-refractivity contribution < 1.29 is 10.2 Å². The molecule has 0 saturated heterocycles. The van der Waals surface area contributed by atoms with E-state index in [1.165, 1.54) is 0 Å². The van der Waals surface area contributed by atoms with Crippen LogP contribution in [-0.4, -0.2) is 10.2 Å². The average molecular weight is 312 g/mol. The van der Waals surface area contributed by atoms with Gasteiger partial charge in [0.05, 0.1) is 11.4 Å². The molecule has 0 spiro atoms. The highest BCUT2D eigenvalue weighted by Gasteiger charge is 2.15. The maximum atomic E-state index is 10.4. The first-order chi connectivity index (χ1) is 10.8. The van der Waals surface area contributed by atoms with Gasteiger partial charge in [0.25, 0.3) is 0 Å². The third-order valence-electron chi connectivity index (χ3n) is 3.86. The highest BCUT2D eigenvalue weighted by molar-refractivity contribution is 5.55. The first-order valence-electron chi connectivity index (χ1n) is 7.87. The second-order valence-electron chi connectivity index (χ2n) is 6.45. The van der Waals surface area contributed by atoms with Gasteiger partial charge in [-0.25, -0.2) is 0 Å². The van der Waals surface area contributed by atoms with Crippen LogP contribution in [0.4, 0.5) is 11.4 Å². The average Bonchev–Trinajstić information content (AvgIpc) is 2.48. The second-order valence-corrected chi connectivity index (χ2v) is 6.45. The van der Waals surface area contributed by atoms with Crippen molar-refractivity contribution in [3.63, 3.8) is 0 Å². The van der Waals surface area contributed by atoms with Gasteiger partial charge in [-0.05, 0) is 65.8 Å². The molecule has 0 atom stereocenters. The lowest BCUT2D eigenvalue weighted by molar-refractivity contribution is 0.454. The molecule has 2 N–H and O–H groups in total. The van der Waals surface area contributed by atoms with Crippen LogP contribution in [0, 0.1) is 6.92 Å². The fraction of sp³-hybridized carbons (Fsp3) is 0.368. The molecule has 2 rings (SSSR count). The molecule has 2 aromatic rings. The highest BCUT2D eigenvalue weighted by Crippen LogP contribution is 2.37. The van der Waals surface area contributed by atoms with Gasteiger partial charge in [0.2, 0.25) is 0 Å². The Balaban J connectivity index is 2.42. The predicted molar refractivity (Wildman–Crippen MR) is 93.3 cm³/mol. The Labute approximate surface area is 137 Å². The number of aryl methyl sites for hydroxylation is 1. The van der Waals surface area contributed by atoms with Gasteiger partial charge in [-0.2, -0.15) is 10.2 Å². The van der Waals surface area contributed by atoms with E-state index in [-0.39, 0.29) is 17.6 Å². The molecule has 4 nitrogen and oxygen atoms in total. The smallest absolute Gasteiger partial charge is 0.122 e. The van der Waals surface area contributed by atoms with Gasteiger partial charge in [-0.3, -0.25) is 0 Å². The van der Waals surface area contributed by atoms with Crippen LogP contribution in [-0.2, 0) is 0 Å². The first-order valence-corrected chi connectivity index (χ1v) is 7.87. The third kappa shape index (κ3) is 3.89. The van der Waals surface area contributed by atoms with Crippen molar-refractivity contribution in [1.82, 2.24) is 0 Å². The molecule has 0 fully saturated rings. The summed E-state index contributed by atoms with van der Waals surface area (Å²) in [7, 11) is 0. The summed E-state index contributed by atoms with van der Waals surface area (Å²) in [6.45, 7) is 10.0. The van der Waals surface area contributed by atoms with Gasteiger partial charge in [0.15, 0.2) is 0 Å². The van der Waals surface area contributed by atoms with Crippen molar-refractivity contribution >= 4 is 11.4 Å². The molecule has 0 aromatic heterocycles. The van der Waals surface area contributed by atoms with E-state index in [4.69, 9.17) is 0 Å². The molecule has 122 valence electrons. The van der Waals surface area contributed by atoms with Gasteiger partial charge in [0.1, 0.15) is 11.5 Å². The summed E-state index contributed by atoms with van der Waals surface area (Å²) >= 11 is 0.